The fourth-order valence-corrected chi connectivity index (χ4v) is 11.0. The first-order valence-corrected chi connectivity index (χ1v) is 23.2. The minimum absolute atomic E-state index is 0.474. The van der Waals surface area contributed by atoms with E-state index in [4.69, 9.17) is 10.7 Å². The maximum Gasteiger partial charge on any atom is 0.131 e. The lowest BCUT2D eigenvalue weighted by Crippen LogP contribution is -2.29. The summed E-state index contributed by atoms with van der Waals surface area (Å²) in [5.41, 5.74) is 24.2. The molecule has 0 saturated heterocycles. The Kier molecular flexibility index (Phi) is 10.0. The molecule has 0 fully saturated rings. The van der Waals surface area contributed by atoms with Crippen LogP contribution >= 0.6 is 0 Å². The number of rotatable bonds is 9. The average molecular weight is 858 g/mol. The molecule has 3 heteroatoms. The number of hydrogen-bond donors (Lipinski definition) is 1. The number of allylic oxidation sites excluding steroid dienone is 4. The van der Waals surface area contributed by atoms with Crippen LogP contribution in [-0.4, -0.2) is 10.4 Å². The molecular formula is C64H47N3. The van der Waals surface area contributed by atoms with Crippen LogP contribution in [0, 0.1) is 0 Å². The normalized spacial score (nSPS) is 14.2. The lowest BCUT2D eigenvalue weighted by molar-refractivity contribution is 0.768. The molecular weight excluding hydrogens is 811 g/mol. The van der Waals surface area contributed by atoms with E-state index in [1.165, 1.54) is 77.1 Å². The second kappa shape index (κ2) is 16.8. The number of aromatic nitrogens is 1. The molecule has 0 unspecified atom stereocenters. The average Bonchev–Trinajstić information content (AvgIpc) is 3.81. The highest BCUT2D eigenvalue weighted by Gasteiger charge is 2.46. The minimum atomic E-state index is -0.474. The highest BCUT2D eigenvalue weighted by atomic mass is 15.0. The maximum atomic E-state index is 6.98. The number of aliphatic imine (C=N–C) groups is 1. The SMILES string of the molecule is N/C(=N\C(=C/Cc1cccc2c1-c1ccccc1C2(c1ccccc1)c1ccccc1)C1=c2ccccc2=C(c2ccc3c(c2)c2ccccc2n3-c2ccccc2)C=CC1)c1ccccc1. The Morgan fingerprint density at radius 1 is 0.552 bits per heavy atom. The fourth-order valence-electron chi connectivity index (χ4n) is 11.0. The molecule has 12 rings (SSSR count). The van der Waals surface area contributed by atoms with Crippen LogP contribution in [0.3, 0.4) is 0 Å². The summed E-state index contributed by atoms with van der Waals surface area (Å²) >= 11 is 0. The fraction of sp³-hybridized carbons (Fsp3) is 0.0469. The van der Waals surface area contributed by atoms with Crippen LogP contribution in [-0.2, 0) is 11.8 Å². The lowest BCUT2D eigenvalue weighted by atomic mass is 9.67. The van der Waals surface area contributed by atoms with Crippen molar-refractivity contribution in [2.45, 2.75) is 18.3 Å². The first kappa shape index (κ1) is 40.0. The van der Waals surface area contributed by atoms with E-state index in [9.17, 15) is 0 Å². The van der Waals surface area contributed by atoms with Crippen LogP contribution in [0.1, 0.15) is 45.4 Å². The third-order valence-electron chi connectivity index (χ3n) is 13.9. The van der Waals surface area contributed by atoms with Crippen molar-refractivity contribution in [2.24, 2.45) is 10.7 Å². The monoisotopic (exact) mass is 857 g/mol. The second-order valence-corrected chi connectivity index (χ2v) is 17.5. The molecule has 3 nitrogen and oxygen atoms in total. The van der Waals surface area contributed by atoms with Crippen molar-refractivity contribution < 1.29 is 0 Å². The molecule has 2 N–H and O–H groups in total. The summed E-state index contributed by atoms with van der Waals surface area (Å²) in [6.45, 7) is 0. The van der Waals surface area contributed by atoms with Gasteiger partial charge in [0, 0.05) is 22.0 Å². The predicted molar refractivity (Wildman–Crippen MR) is 279 cm³/mol. The van der Waals surface area contributed by atoms with Gasteiger partial charge < -0.3 is 10.3 Å². The summed E-state index contributed by atoms with van der Waals surface area (Å²) in [6, 6.07) is 83.1. The van der Waals surface area contributed by atoms with E-state index >= 15 is 0 Å². The smallest absolute Gasteiger partial charge is 0.131 e. The summed E-state index contributed by atoms with van der Waals surface area (Å²) in [6.07, 6.45) is 8.27. The third-order valence-corrected chi connectivity index (χ3v) is 13.9. The first-order valence-electron chi connectivity index (χ1n) is 23.2. The second-order valence-electron chi connectivity index (χ2n) is 17.5. The maximum absolute atomic E-state index is 6.98. The van der Waals surface area contributed by atoms with Crippen LogP contribution in [0.25, 0.3) is 49.8 Å². The van der Waals surface area contributed by atoms with Crippen LogP contribution in [0.15, 0.2) is 259 Å². The summed E-state index contributed by atoms with van der Waals surface area (Å²) < 4.78 is 2.37. The zero-order chi connectivity index (χ0) is 44.7. The van der Waals surface area contributed by atoms with E-state index in [1.54, 1.807) is 0 Å². The molecule has 0 bridgehead atoms. The largest absolute Gasteiger partial charge is 0.383 e. The van der Waals surface area contributed by atoms with E-state index in [1.807, 2.05) is 30.3 Å². The van der Waals surface area contributed by atoms with Crippen LogP contribution in [0.4, 0.5) is 0 Å². The molecule has 0 amide bonds. The molecule has 0 aliphatic heterocycles. The molecule has 10 aromatic rings. The summed E-state index contributed by atoms with van der Waals surface area (Å²) in [5.74, 6) is 0.491. The van der Waals surface area contributed by atoms with E-state index in [0.717, 1.165) is 27.7 Å². The molecule has 0 spiro atoms. The molecule has 0 atom stereocenters. The number of nitrogens with zero attached hydrogens (tertiary/aromatic N) is 2. The van der Waals surface area contributed by atoms with Crippen molar-refractivity contribution in [1.82, 2.24) is 4.57 Å². The van der Waals surface area contributed by atoms with Gasteiger partial charge in [-0.15, -0.1) is 0 Å². The molecule has 1 aromatic heterocycles. The number of amidine groups is 1. The Bertz CT molecular complexity index is 3690. The Morgan fingerprint density at radius 2 is 1.16 bits per heavy atom. The molecule has 0 radical (unpaired) electrons. The summed E-state index contributed by atoms with van der Waals surface area (Å²) in [7, 11) is 0. The van der Waals surface area contributed by atoms with Crippen LogP contribution in [0.5, 0.6) is 0 Å². The van der Waals surface area contributed by atoms with Crippen molar-refractivity contribution in [2.75, 3.05) is 0 Å². The van der Waals surface area contributed by atoms with E-state index in [-0.39, 0.29) is 0 Å². The van der Waals surface area contributed by atoms with Gasteiger partial charge in [-0.1, -0.05) is 218 Å². The first-order chi connectivity index (χ1) is 33.2. The molecule has 9 aromatic carbocycles. The molecule has 0 saturated carbocycles. The van der Waals surface area contributed by atoms with Gasteiger partial charge in [0.25, 0.3) is 0 Å². The minimum Gasteiger partial charge on any atom is -0.383 e. The van der Waals surface area contributed by atoms with Gasteiger partial charge in [0.15, 0.2) is 0 Å². The highest BCUT2D eigenvalue weighted by Crippen LogP contribution is 2.57. The van der Waals surface area contributed by atoms with Crippen molar-refractivity contribution in [3.8, 4) is 16.8 Å². The third kappa shape index (κ3) is 6.70. The van der Waals surface area contributed by atoms with E-state index in [2.05, 4.69) is 223 Å². The number of para-hydroxylation sites is 2. The number of nitrogens with two attached hydrogens (primary N) is 1. The zero-order valence-electron chi connectivity index (χ0n) is 37.1. The Morgan fingerprint density at radius 3 is 1.93 bits per heavy atom. The van der Waals surface area contributed by atoms with Gasteiger partial charge in [-0.3, -0.25) is 0 Å². The van der Waals surface area contributed by atoms with Crippen molar-refractivity contribution >= 4 is 38.8 Å². The van der Waals surface area contributed by atoms with Gasteiger partial charge in [0.1, 0.15) is 5.84 Å². The van der Waals surface area contributed by atoms with Gasteiger partial charge >= 0.3 is 0 Å². The molecule has 2 aliphatic rings. The number of hydrogen-bond acceptors (Lipinski definition) is 1. The summed E-state index contributed by atoms with van der Waals surface area (Å²) in [4.78, 5) is 5.36. The Labute approximate surface area is 391 Å². The van der Waals surface area contributed by atoms with Gasteiger partial charge in [-0.25, -0.2) is 4.99 Å². The molecule has 318 valence electrons. The van der Waals surface area contributed by atoms with Gasteiger partial charge in [0.2, 0.25) is 0 Å². The zero-order valence-corrected chi connectivity index (χ0v) is 37.1. The number of benzene rings is 9. The van der Waals surface area contributed by atoms with E-state index in [0.29, 0.717) is 18.7 Å². The number of fused-ring (bicyclic) bond motifs is 7. The van der Waals surface area contributed by atoms with Gasteiger partial charge in [-0.05, 0) is 109 Å². The van der Waals surface area contributed by atoms with Crippen molar-refractivity contribution in [3.05, 3.63) is 304 Å². The quantitative estimate of drug-likeness (QED) is 0.114. The summed E-state index contributed by atoms with van der Waals surface area (Å²) in [5, 5.41) is 4.78. The molecule has 2 aliphatic carbocycles. The van der Waals surface area contributed by atoms with Gasteiger partial charge in [-0.2, -0.15) is 0 Å². The molecule has 1 heterocycles. The van der Waals surface area contributed by atoms with Gasteiger partial charge in [0.05, 0.1) is 22.1 Å². The predicted octanol–water partition coefficient (Wildman–Crippen LogP) is 13.0. The van der Waals surface area contributed by atoms with E-state index < -0.39 is 5.41 Å². The Balaban J connectivity index is 1.05. The van der Waals surface area contributed by atoms with Crippen molar-refractivity contribution in [1.29, 1.82) is 0 Å². The lowest BCUT2D eigenvalue weighted by Gasteiger charge is -2.33. The Hall–Kier alpha value is -8.53. The van der Waals surface area contributed by atoms with Crippen LogP contribution < -0.4 is 16.2 Å². The van der Waals surface area contributed by atoms with Crippen molar-refractivity contribution in [3.63, 3.8) is 0 Å². The standard InChI is InChI=1S/C64H47N3/c65-63(45-21-5-1-6-22-45)66-59(41-39-44-23-19-37-58-62(44)55-33-15-17-36-57(55)64(58,47-24-7-2-8-25-47)48-26-9-3-10-27-48)53-35-20-34-50(51-30-13-14-31-52(51)53)46-40-42-61-56(43-46)54-32-16-18-38-60(54)67(61)49-28-11-4-12-29-49/h1-34,36-38,40-43H,35,39H2,(H2,65,66)/b59-41-. The van der Waals surface area contributed by atoms with Crippen LogP contribution in [0.2, 0.25) is 0 Å². The topological polar surface area (TPSA) is 43.3 Å². The molecule has 67 heavy (non-hydrogen) atoms. The highest BCUT2D eigenvalue weighted by molar-refractivity contribution is 6.10.